The molecule has 180 valence electrons. The lowest BCUT2D eigenvalue weighted by Gasteiger charge is -2.20. The Kier molecular flexibility index (Phi) is 8.39. The predicted molar refractivity (Wildman–Crippen MR) is 141 cm³/mol. The van der Waals surface area contributed by atoms with Gasteiger partial charge in [0.1, 0.15) is 6.61 Å². The molecule has 0 fully saturated rings. The van der Waals surface area contributed by atoms with Gasteiger partial charge in [0.2, 0.25) is 0 Å². The zero-order chi connectivity index (χ0) is 24.5. The van der Waals surface area contributed by atoms with Gasteiger partial charge in [0, 0.05) is 5.56 Å². The van der Waals surface area contributed by atoms with E-state index in [4.69, 9.17) is 14.2 Å². The van der Waals surface area contributed by atoms with Crippen molar-refractivity contribution in [3.8, 4) is 22.6 Å². The summed E-state index contributed by atoms with van der Waals surface area (Å²) in [5, 5.41) is 2.13. The average Bonchev–Trinajstić information content (AvgIpc) is 2.91. The van der Waals surface area contributed by atoms with E-state index < -0.39 is 5.97 Å². The molecule has 4 nitrogen and oxygen atoms in total. The zero-order valence-corrected chi connectivity index (χ0v) is 20.5. The minimum Gasteiger partial charge on any atom is -0.489 e. The van der Waals surface area contributed by atoms with Crippen LogP contribution in [0.3, 0.4) is 0 Å². The van der Waals surface area contributed by atoms with E-state index in [-0.39, 0.29) is 0 Å². The number of carbonyl (C=O) groups is 1. The average molecular weight is 469 g/mol. The third-order valence-corrected chi connectivity index (χ3v) is 6.07. The molecule has 0 saturated carbocycles. The van der Waals surface area contributed by atoms with Crippen LogP contribution in [-0.2, 0) is 11.3 Å². The first kappa shape index (κ1) is 24.3. The predicted octanol–water partition coefficient (Wildman–Crippen LogP) is 7.83. The number of benzene rings is 4. The van der Waals surface area contributed by atoms with E-state index in [9.17, 15) is 4.79 Å². The van der Waals surface area contributed by atoms with Crippen LogP contribution in [0.15, 0.2) is 84.9 Å². The van der Waals surface area contributed by atoms with Crippen LogP contribution in [0.4, 0.5) is 0 Å². The van der Waals surface area contributed by atoms with Crippen LogP contribution in [0.2, 0.25) is 0 Å². The van der Waals surface area contributed by atoms with Gasteiger partial charge in [0.25, 0.3) is 0 Å². The lowest BCUT2D eigenvalue weighted by Crippen LogP contribution is -2.09. The summed E-state index contributed by atoms with van der Waals surface area (Å²) in [5.74, 6) is 0.787. The lowest BCUT2D eigenvalue weighted by molar-refractivity contribution is 0.0601. The number of hydrogen-bond acceptors (Lipinski definition) is 4. The Balaban J connectivity index is 1.83. The molecule has 0 radical (unpaired) electrons. The maximum absolute atomic E-state index is 12.9. The SMILES string of the molecule is CCCCCCOc1c(OCc2ccccc2)ccc(C(=O)OC)c1-c1cccc2ccccc12. The highest BCUT2D eigenvalue weighted by molar-refractivity contribution is 6.06. The van der Waals surface area contributed by atoms with Crippen LogP contribution in [0, 0.1) is 0 Å². The molecule has 4 rings (SSSR count). The molecular weight excluding hydrogens is 436 g/mol. The Labute approximate surface area is 207 Å². The van der Waals surface area contributed by atoms with Crippen LogP contribution in [0.25, 0.3) is 21.9 Å². The molecule has 4 aromatic rings. The topological polar surface area (TPSA) is 44.8 Å². The second-order valence-corrected chi connectivity index (χ2v) is 8.52. The maximum Gasteiger partial charge on any atom is 0.338 e. The molecular formula is C31H32O4. The molecule has 0 bridgehead atoms. The second-order valence-electron chi connectivity index (χ2n) is 8.52. The fourth-order valence-electron chi connectivity index (χ4n) is 4.25. The van der Waals surface area contributed by atoms with Crippen molar-refractivity contribution in [3.63, 3.8) is 0 Å². The first-order chi connectivity index (χ1) is 17.2. The molecule has 35 heavy (non-hydrogen) atoms. The second kappa shape index (κ2) is 12.1. The Bertz CT molecular complexity index is 1260. The van der Waals surface area contributed by atoms with Gasteiger partial charge in [-0.1, -0.05) is 99.0 Å². The normalized spacial score (nSPS) is 10.8. The summed E-state index contributed by atoms with van der Waals surface area (Å²) in [6.45, 7) is 3.14. The number of methoxy groups -OCH3 is 1. The monoisotopic (exact) mass is 468 g/mol. The Hall–Kier alpha value is -3.79. The van der Waals surface area contributed by atoms with Gasteiger partial charge in [-0.15, -0.1) is 0 Å². The minimum absolute atomic E-state index is 0.402. The maximum atomic E-state index is 12.9. The van der Waals surface area contributed by atoms with Crippen molar-refractivity contribution in [2.24, 2.45) is 0 Å². The first-order valence-electron chi connectivity index (χ1n) is 12.3. The number of carbonyl (C=O) groups excluding carboxylic acids is 1. The molecule has 4 heteroatoms. The van der Waals surface area contributed by atoms with Crippen molar-refractivity contribution in [2.45, 2.75) is 39.2 Å². The van der Waals surface area contributed by atoms with E-state index in [0.29, 0.717) is 35.8 Å². The molecule has 0 spiro atoms. The number of ether oxygens (including phenoxy) is 3. The molecule has 4 aromatic carbocycles. The highest BCUT2D eigenvalue weighted by Crippen LogP contribution is 2.44. The van der Waals surface area contributed by atoms with Crippen molar-refractivity contribution in [1.29, 1.82) is 0 Å². The van der Waals surface area contributed by atoms with E-state index in [1.807, 2.05) is 60.7 Å². The number of unbranched alkanes of at least 4 members (excludes halogenated alkanes) is 3. The third kappa shape index (κ3) is 5.83. The number of esters is 1. The van der Waals surface area contributed by atoms with Gasteiger partial charge >= 0.3 is 5.97 Å². The van der Waals surface area contributed by atoms with Gasteiger partial charge in [0.15, 0.2) is 11.5 Å². The molecule has 0 unspecified atom stereocenters. The Morgan fingerprint density at radius 1 is 0.771 bits per heavy atom. The molecule has 0 amide bonds. The van der Waals surface area contributed by atoms with E-state index >= 15 is 0 Å². The van der Waals surface area contributed by atoms with E-state index in [2.05, 4.69) is 25.1 Å². The van der Waals surface area contributed by atoms with E-state index in [1.165, 1.54) is 13.5 Å². The fraction of sp³-hybridized carbons (Fsp3) is 0.258. The summed E-state index contributed by atoms with van der Waals surface area (Å²) in [5.41, 5.74) is 3.14. The van der Waals surface area contributed by atoms with Crippen molar-refractivity contribution < 1.29 is 19.0 Å². The van der Waals surface area contributed by atoms with Crippen LogP contribution in [-0.4, -0.2) is 19.7 Å². The summed E-state index contributed by atoms with van der Waals surface area (Å²) in [6, 6.07) is 27.8. The Morgan fingerprint density at radius 2 is 1.54 bits per heavy atom. The summed E-state index contributed by atoms with van der Waals surface area (Å²) in [7, 11) is 1.40. The summed E-state index contributed by atoms with van der Waals surface area (Å²) < 4.78 is 17.8. The van der Waals surface area contributed by atoms with Gasteiger partial charge in [-0.25, -0.2) is 4.79 Å². The quantitative estimate of drug-likeness (QED) is 0.166. The summed E-state index contributed by atoms with van der Waals surface area (Å²) in [6.07, 6.45) is 4.35. The van der Waals surface area contributed by atoms with Crippen LogP contribution in [0.1, 0.15) is 48.5 Å². The minimum atomic E-state index is -0.404. The molecule has 0 aliphatic rings. The van der Waals surface area contributed by atoms with Gasteiger partial charge in [-0.2, -0.15) is 0 Å². The lowest BCUT2D eigenvalue weighted by atomic mass is 9.93. The van der Waals surface area contributed by atoms with Gasteiger partial charge in [-0.3, -0.25) is 0 Å². The van der Waals surface area contributed by atoms with Crippen LogP contribution >= 0.6 is 0 Å². The molecule has 0 heterocycles. The van der Waals surface area contributed by atoms with Crippen LogP contribution < -0.4 is 9.47 Å². The summed E-state index contributed by atoms with van der Waals surface area (Å²) >= 11 is 0. The first-order valence-corrected chi connectivity index (χ1v) is 12.3. The Morgan fingerprint density at radius 3 is 2.34 bits per heavy atom. The van der Waals surface area contributed by atoms with Gasteiger partial charge < -0.3 is 14.2 Å². The highest BCUT2D eigenvalue weighted by atomic mass is 16.5. The van der Waals surface area contributed by atoms with Crippen LogP contribution in [0.5, 0.6) is 11.5 Å². The zero-order valence-electron chi connectivity index (χ0n) is 20.5. The smallest absolute Gasteiger partial charge is 0.338 e. The van der Waals surface area contributed by atoms with E-state index in [1.54, 1.807) is 6.07 Å². The van der Waals surface area contributed by atoms with Gasteiger partial charge in [-0.05, 0) is 40.5 Å². The van der Waals surface area contributed by atoms with Crippen molar-refractivity contribution in [3.05, 3.63) is 96.1 Å². The molecule has 0 atom stereocenters. The fourth-order valence-corrected chi connectivity index (χ4v) is 4.25. The molecule has 0 N–H and O–H groups in total. The molecule has 0 aliphatic carbocycles. The van der Waals surface area contributed by atoms with E-state index in [0.717, 1.165) is 41.2 Å². The molecule has 0 saturated heterocycles. The largest absolute Gasteiger partial charge is 0.489 e. The number of rotatable bonds is 11. The van der Waals surface area contributed by atoms with Crippen molar-refractivity contribution >= 4 is 16.7 Å². The number of fused-ring (bicyclic) bond motifs is 1. The standard InChI is InChI=1S/C31H32O4/c1-3-4-5-11-21-34-30-28(35-22-23-13-7-6-8-14-23)20-19-27(31(32)33-2)29(30)26-18-12-16-24-15-9-10-17-25(24)26/h6-10,12-20H,3-5,11,21-22H2,1-2H3. The third-order valence-electron chi connectivity index (χ3n) is 6.07. The molecule has 0 aromatic heterocycles. The molecule has 0 aliphatic heterocycles. The van der Waals surface area contributed by atoms with Crippen molar-refractivity contribution in [1.82, 2.24) is 0 Å². The van der Waals surface area contributed by atoms with Crippen molar-refractivity contribution in [2.75, 3.05) is 13.7 Å². The summed E-state index contributed by atoms with van der Waals surface area (Å²) in [4.78, 5) is 12.9. The van der Waals surface area contributed by atoms with Gasteiger partial charge in [0.05, 0.1) is 19.3 Å². The number of hydrogen-bond donors (Lipinski definition) is 0. The highest BCUT2D eigenvalue weighted by Gasteiger charge is 2.24.